The van der Waals surface area contributed by atoms with Crippen LogP contribution in [0.1, 0.15) is 44.5 Å². The van der Waals surface area contributed by atoms with Gasteiger partial charge in [0.05, 0.1) is 0 Å². The Kier molecular flexibility index (Phi) is 6.73. The van der Waals surface area contributed by atoms with Crippen molar-refractivity contribution in [3.05, 3.63) is 35.2 Å². The lowest BCUT2D eigenvalue weighted by Gasteiger charge is -2.02. The molecule has 14 heavy (non-hydrogen) atoms. The topological polar surface area (TPSA) is 12.9 Å². The lowest BCUT2D eigenvalue weighted by atomic mass is 10.1. The number of aryl methyl sites for hydroxylation is 2. The lowest BCUT2D eigenvalue weighted by Crippen LogP contribution is -1.90. The van der Waals surface area contributed by atoms with Crippen molar-refractivity contribution in [2.24, 2.45) is 0 Å². The molecule has 0 N–H and O–H groups in total. The minimum Gasteiger partial charge on any atom is -0.261 e. The molecule has 0 unspecified atom stereocenters. The molecule has 0 spiro atoms. The van der Waals surface area contributed by atoms with Crippen molar-refractivity contribution in [1.29, 1.82) is 0 Å². The van der Waals surface area contributed by atoms with Crippen LogP contribution in [0.3, 0.4) is 0 Å². The Morgan fingerprint density at radius 3 is 2.50 bits per heavy atom. The van der Waals surface area contributed by atoms with Gasteiger partial charge in [-0.3, -0.25) is 4.98 Å². The Morgan fingerprint density at radius 1 is 1.36 bits per heavy atom. The first kappa shape index (κ1) is 12.9. The number of allylic oxidation sites excluding steroid dienone is 1. The van der Waals surface area contributed by atoms with E-state index in [4.69, 9.17) is 0 Å². The molecule has 0 bridgehead atoms. The highest BCUT2D eigenvalue weighted by Gasteiger charge is 1.97. The first-order valence-corrected chi connectivity index (χ1v) is 5.36. The maximum Gasteiger partial charge on any atom is 0.0375 e. The largest absolute Gasteiger partial charge is 0.261 e. The second-order valence-electron chi connectivity index (χ2n) is 2.88. The average Bonchev–Trinajstić information content (AvgIpc) is 2.24. The summed E-state index contributed by atoms with van der Waals surface area (Å²) < 4.78 is 0. The normalized spacial score (nSPS) is 9.79. The van der Waals surface area contributed by atoms with Crippen molar-refractivity contribution in [1.82, 2.24) is 4.98 Å². The van der Waals surface area contributed by atoms with Crippen LogP contribution in [-0.2, 0) is 6.42 Å². The van der Waals surface area contributed by atoms with Gasteiger partial charge in [0.15, 0.2) is 0 Å². The molecule has 0 aliphatic carbocycles. The van der Waals surface area contributed by atoms with Gasteiger partial charge in [-0.2, -0.15) is 0 Å². The van der Waals surface area contributed by atoms with Gasteiger partial charge in [0.2, 0.25) is 0 Å². The van der Waals surface area contributed by atoms with Crippen molar-refractivity contribution >= 4 is 6.08 Å². The van der Waals surface area contributed by atoms with Crippen LogP contribution < -0.4 is 0 Å². The Hall–Kier alpha value is -1.11. The molecule has 0 saturated carbocycles. The van der Waals surface area contributed by atoms with Gasteiger partial charge in [0, 0.05) is 11.9 Å². The van der Waals surface area contributed by atoms with Gasteiger partial charge in [0.25, 0.3) is 0 Å². The molecule has 0 fully saturated rings. The summed E-state index contributed by atoms with van der Waals surface area (Å²) in [6.45, 7) is 10.2. The third kappa shape index (κ3) is 3.73. The van der Waals surface area contributed by atoms with Gasteiger partial charge in [-0.15, -0.1) is 0 Å². The molecular formula is C13H21N. The minimum absolute atomic E-state index is 1.07. The molecule has 0 atom stereocenters. The second-order valence-corrected chi connectivity index (χ2v) is 2.88. The maximum absolute atomic E-state index is 4.26. The van der Waals surface area contributed by atoms with Crippen molar-refractivity contribution in [2.45, 2.75) is 41.0 Å². The van der Waals surface area contributed by atoms with E-state index in [1.54, 1.807) is 0 Å². The molecule has 0 aliphatic rings. The van der Waals surface area contributed by atoms with Crippen LogP contribution in [0.25, 0.3) is 6.08 Å². The SMILES string of the molecule is C/C=C\c1cnc(C)cc1CC.CC. The fourth-order valence-electron chi connectivity index (χ4n) is 1.26. The van der Waals surface area contributed by atoms with Gasteiger partial charge in [0.1, 0.15) is 0 Å². The van der Waals surface area contributed by atoms with E-state index in [1.807, 2.05) is 40.0 Å². The van der Waals surface area contributed by atoms with E-state index in [1.165, 1.54) is 11.1 Å². The molecule has 0 aromatic carbocycles. The molecule has 0 radical (unpaired) electrons. The number of rotatable bonds is 2. The third-order valence-corrected chi connectivity index (χ3v) is 1.89. The second kappa shape index (κ2) is 7.31. The predicted octanol–water partition coefficient (Wildman–Crippen LogP) is 4.01. The van der Waals surface area contributed by atoms with Crippen LogP contribution in [-0.4, -0.2) is 4.98 Å². The van der Waals surface area contributed by atoms with E-state index in [9.17, 15) is 0 Å². The van der Waals surface area contributed by atoms with Crippen LogP contribution in [0.5, 0.6) is 0 Å². The summed E-state index contributed by atoms with van der Waals surface area (Å²) in [6, 6.07) is 2.15. The minimum atomic E-state index is 1.07. The zero-order valence-corrected chi connectivity index (χ0v) is 9.96. The van der Waals surface area contributed by atoms with Crippen LogP contribution in [0.4, 0.5) is 0 Å². The monoisotopic (exact) mass is 191 g/mol. The van der Waals surface area contributed by atoms with E-state index in [2.05, 4.69) is 24.1 Å². The summed E-state index contributed by atoms with van der Waals surface area (Å²) in [5, 5.41) is 0. The number of nitrogens with zero attached hydrogens (tertiary/aromatic N) is 1. The summed E-state index contributed by atoms with van der Waals surface area (Å²) in [4.78, 5) is 4.26. The number of hydrogen-bond acceptors (Lipinski definition) is 1. The molecular weight excluding hydrogens is 170 g/mol. The quantitative estimate of drug-likeness (QED) is 0.688. The highest BCUT2D eigenvalue weighted by Crippen LogP contribution is 2.11. The molecule has 1 heteroatoms. The van der Waals surface area contributed by atoms with Crippen LogP contribution in [0, 0.1) is 6.92 Å². The van der Waals surface area contributed by atoms with Crippen molar-refractivity contribution < 1.29 is 0 Å². The van der Waals surface area contributed by atoms with E-state index >= 15 is 0 Å². The van der Waals surface area contributed by atoms with Crippen LogP contribution in [0.2, 0.25) is 0 Å². The summed E-state index contributed by atoms with van der Waals surface area (Å²) >= 11 is 0. The molecule has 78 valence electrons. The van der Waals surface area contributed by atoms with E-state index in [0.29, 0.717) is 0 Å². The summed E-state index contributed by atoms with van der Waals surface area (Å²) in [5.41, 5.74) is 3.71. The predicted molar refractivity (Wildman–Crippen MR) is 64.4 cm³/mol. The van der Waals surface area contributed by atoms with Gasteiger partial charge in [-0.05, 0) is 37.5 Å². The molecule has 1 nitrogen and oxygen atoms in total. The Morgan fingerprint density at radius 2 is 2.00 bits per heavy atom. The van der Waals surface area contributed by atoms with Gasteiger partial charge >= 0.3 is 0 Å². The highest BCUT2D eigenvalue weighted by molar-refractivity contribution is 5.52. The molecule has 1 rings (SSSR count). The van der Waals surface area contributed by atoms with Crippen LogP contribution >= 0.6 is 0 Å². The fraction of sp³-hybridized carbons (Fsp3) is 0.462. The smallest absolute Gasteiger partial charge is 0.0375 e. The Bertz CT molecular complexity index is 287. The molecule has 0 saturated heterocycles. The van der Waals surface area contributed by atoms with E-state index in [-0.39, 0.29) is 0 Å². The average molecular weight is 191 g/mol. The van der Waals surface area contributed by atoms with Gasteiger partial charge in [-0.25, -0.2) is 0 Å². The van der Waals surface area contributed by atoms with Crippen LogP contribution in [0.15, 0.2) is 18.3 Å². The first-order chi connectivity index (χ1) is 6.77. The summed E-state index contributed by atoms with van der Waals surface area (Å²) in [6.07, 6.45) is 7.16. The van der Waals surface area contributed by atoms with E-state index < -0.39 is 0 Å². The highest BCUT2D eigenvalue weighted by atomic mass is 14.7. The molecule has 0 aliphatic heterocycles. The Labute approximate surface area is 87.9 Å². The molecule has 0 amide bonds. The molecule has 1 aromatic rings. The van der Waals surface area contributed by atoms with E-state index in [0.717, 1.165) is 12.1 Å². The first-order valence-electron chi connectivity index (χ1n) is 5.36. The summed E-state index contributed by atoms with van der Waals surface area (Å²) in [7, 11) is 0. The molecule has 1 heterocycles. The van der Waals surface area contributed by atoms with Crippen molar-refractivity contribution in [3.8, 4) is 0 Å². The van der Waals surface area contributed by atoms with Crippen molar-refractivity contribution in [3.63, 3.8) is 0 Å². The number of hydrogen-bond donors (Lipinski definition) is 0. The zero-order valence-electron chi connectivity index (χ0n) is 9.96. The molecule has 1 aromatic heterocycles. The lowest BCUT2D eigenvalue weighted by molar-refractivity contribution is 1.08. The maximum atomic E-state index is 4.26. The summed E-state index contributed by atoms with van der Waals surface area (Å²) in [5.74, 6) is 0. The number of pyridine rings is 1. The standard InChI is InChI=1S/C11H15N.C2H6/c1-4-6-11-8-12-9(3)7-10(11)5-2;1-2/h4,6-8H,5H2,1-3H3;1-2H3/b6-4-;. The number of aromatic nitrogens is 1. The fourth-order valence-corrected chi connectivity index (χ4v) is 1.26. The van der Waals surface area contributed by atoms with Crippen molar-refractivity contribution in [2.75, 3.05) is 0 Å². The van der Waals surface area contributed by atoms with Gasteiger partial charge in [-0.1, -0.05) is 32.9 Å². The zero-order chi connectivity index (χ0) is 11.0. The Balaban J connectivity index is 0.000000791. The third-order valence-electron chi connectivity index (χ3n) is 1.89. The van der Waals surface area contributed by atoms with Gasteiger partial charge < -0.3 is 0 Å².